The number of rotatable bonds is 3. The second-order valence-electron chi connectivity index (χ2n) is 3.78. The zero-order valence-corrected chi connectivity index (χ0v) is 10.6. The van der Waals surface area contributed by atoms with Gasteiger partial charge in [-0.05, 0) is 45.6 Å². The molecule has 0 aliphatic carbocycles. The lowest BCUT2D eigenvalue weighted by Crippen LogP contribution is -1.98. The summed E-state index contributed by atoms with van der Waals surface area (Å²) in [6.07, 6.45) is 0.805. The first-order valence-electron chi connectivity index (χ1n) is 5.22. The van der Waals surface area contributed by atoms with Gasteiger partial charge in [-0.2, -0.15) is 0 Å². The third-order valence-corrected chi connectivity index (χ3v) is 3.17. The third-order valence-electron chi connectivity index (χ3n) is 2.51. The lowest BCUT2D eigenvalue weighted by atomic mass is 10.0. The maximum Gasteiger partial charge on any atom is 0.336 e. The van der Waals surface area contributed by atoms with Gasteiger partial charge in [0.2, 0.25) is 0 Å². The predicted molar refractivity (Wildman–Crippen MR) is 70.3 cm³/mol. The van der Waals surface area contributed by atoms with Gasteiger partial charge in [0.15, 0.2) is 0 Å². The van der Waals surface area contributed by atoms with Crippen LogP contribution in [0.4, 0.5) is 0 Å². The van der Waals surface area contributed by atoms with Crippen LogP contribution < -0.4 is 0 Å². The molecule has 0 aromatic heterocycles. The first kappa shape index (κ1) is 11.9. The van der Waals surface area contributed by atoms with E-state index in [1.165, 1.54) is 5.56 Å². The average molecular weight is 291 g/mol. The Bertz CT molecular complexity index is 535. The van der Waals surface area contributed by atoms with Gasteiger partial charge in [0.05, 0.1) is 5.56 Å². The second kappa shape index (κ2) is 5.15. The first-order valence-corrected chi connectivity index (χ1v) is 6.02. The highest BCUT2D eigenvalue weighted by atomic mass is 79.9. The standard InChI is InChI=1S/C14H11BrO2/c15-13-9-11(6-7-12(13)14(16)17)8-10-4-2-1-3-5-10/h1-7,9H,8H2,(H,16,17). The van der Waals surface area contributed by atoms with Crippen LogP contribution in [0.15, 0.2) is 53.0 Å². The van der Waals surface area contributed by atoms with Gasteiger partial charge in [-0.25, -0.2) is 4.79 Å². The van der Waals surface area contributed by atoms with Crippen LogP contribution in [0.5, 0.6) is 0 Å². The summed E-state index contributed by atoms with van der Waals surface area (Å²) in [7, 11) is 0. The second-order valence-corrected chi connectivity index (χ2v) is 4.64. The highest BCUT2D eigenvalue weighted by molar-refractivity contribution is 9.10. The summed E-state index contributed by atoms with van der Waals surface area (Å²) in [6.45, 7) is 0. The fourth-order valence-electron chi connectivity index (χ4n) is 1.67. The molecule has 0 aliphatic rings. The summed E-state index contributed by atoms with van der Waals surface area (Å²) in [4.78, 5) is 10.9. The third kappa shape index (κ3) is 2.94. The van der Waals surface area contributed by atoms with Crippen molar-refractivity contribution in [3.63, 3.8) is 0 Å². The van der Waals surface area contributed by atoms with E-state index in [1.807, 2.05) is 30.3 Å². The van der Waals surface area contributed by atoms with Crippen LogP contribution in [-0.4, -0.2) is 11.1 Å². The summed E-state index contributed by atoms with van der Waals surface area (Å²) in [5, 5.41) is 8.92. The molecule has 86 valence electrons. The van der Waals surface area contributed by atoms with Crippen molar-refractivity contribution in [2.75, 3.05) is 0 Å². The molecule has 0 radical (unpaired) electrons. The van der Waals surface area contributed by atoms with E-state index in [0.29, 0.717) is 10.0 Å². The van der Waals surface area contributed by atoms with Crippen LogP contribution >= 0.6 is 15.9 Å². The molecular formula is C14H11BrO2. The van der Waals surface area contributed by atoms with Crippen LogP contribution in [0, 0.1) is 0 Å². The van der Waals surface area contributed by atoms with E-state index in [2.05, 4.69) is 28.1 Å². The van der Waals surface area contributed by atoms with Crippen molar-refractivity contribution in [3.05, 3.63) is 69.7 Å². The van der Waals surface area contributed by atoms with Crippen LogP contribution in [-0.2, 0) is 6.42 Å². The van der Waals surface area contributed by atoms with Gasteiger partial charge < -0.3 is 5.11 Å². The van der Waals surface area contributed by atoms with Crippen LogP contribution in [0.3, 0.4) is 0 Å². The van der Waals surface area contributed by atoms with Crippen molar-refractivity contribution >= 4 is 21.9 Å². The average Bonchev–Trinajstić information content (AvgIpc) is 2.30. The summed E-state index contributed by atoms with van der Waals surface area (Å²) < 4.78 is 0.624. The molecule has 0 unspecified atom stereocenters. The van der Waals surface area contributed by atoms with E-state index in [4.69, 9.17) is 5.11 Å². The van der Waals surface area contributed by atoms with Crippen LogP contribution in [0.25, 0.3) is 0 Å². The molecule has 0 amide bonds. The van der Waals surface area contributed by atoms with E-state index >= 15 is 0 Å². The van der Waals surface area contributed by atoms with Crippen molar-refractivity contribution < 1.29 is 9.90 Å². The molecule has 0 aliphatic heterocycles. The Balaban J connectivity index is 2.24. The number of benzene rings is 2. The van der Waals surface area contributed by atoms with Crippen molar-refractivity contribution in [3.8, 4) is 0 Å². The minimum Gasteiger partial charge on any atom is -0.478 e. The zero-order chi connectivity index (χ0) is 12.3. The monoisotopic (exact) mass is 290 g/mol. The number of carboxylic acid groups (broad SMARTS) is 1. The molecule has 2 rings (SSSR count). The maximum absolute atomic E-state index is 10.9. The molecule has 1 N–H and O–H groups in total. The van der Waals surface area contributed by atoms with E-state index in [0.717, 1.165) is 12.0 Å². The zero-order valence-electron chi connectivity index (χ0n) is 9.06. The smallest absolute Gasteiger partial charge is 0.336 e. The molecular weight excluding hydrogens is 280 g/mol. The predicted octanol–water partition coefficient (Wildman–Crippen LogP) is 3.74. The van der Waals surface area contributed by atoms with E-state index < -0.39 is 5.97 Å². The highest BCUT2D eigenvalue weighted by Crippen LogP contribution is 2.20. The number of carbonyl (C=O) groups is 1. The Morgan fingerprint density at radius 2 is 1.76 bits per heavy atom. The summed E-state index contributed by atoms with van der Waals surface area (Å²) in [5.74, 6) is -0.914. The molecule has 17 heavy (non-hydrogen) atoms. The molecule has 0 heterocycles. The van der Waals surface area contributed by atoms with Gasteiger partial charge in [0, 0.05) is 4.47 Å². The van der Waals surface area contributed by atoms with Gasteiger partial charge in [-0.1, -0.05) is 36.4 Å². The Hall–Kier alpha value is -1.61. The lowest BCUT2D eigenvalue weighted by Gasteiger charge is -2.04. The van der Waals surface area contributed by atoms with E-state index in [-0.39, 0.29) is 0 Å². The number of carboxylic acids is 1. The Labute approximate surface area is 108 Å². The molecule has 0 saturated heterocycles. The van der Waals surface area contributed by atoms with Gasteiger partial charge >= 0.3 is 5.97 Å². The number of halogens is 1. The molecule has 0 saturated carbocycles. The largest absolute Gasteiger partial charge is 0.478 e. The van der Waals surface area contributed by atoms with Crippen LogP contribution in [0.1, 0.15) is 21.5 Å². The minimum atomic E-state index is -0.914. The number of hydrogen-bond acceptors (Lipinski definition) is 1. The summed E-state index contributed by atoms with van der Waals surface area (Å²) in [5.41, 5.74) is 2.59. The highest BCUT2D eigenvalue weighted by Gasteiger charge is 2.08. The fourth-order valence-corrected chi connectivity index (χ4v) is 2.27. The molecule has 0 bridgehead atoms. The quantitative estimate of drug-likeness (QED) is 0.935. The Morgan fingerprint density at radius 1 is 1.06 bits per heavy atom. The topological polar surface area (TPSA) is 37.3 Å². The maximum atomic E-state index is 10.9. The van der Waals surface area contributed by atoms with Crippen molar-refractivity contribution in [2.45, 2.75) is 6.42 Å². The van der Waals surface area contributed by atoms with Gasteiger partial charge in [-0.15, -0.1) is 0 Å². The van der Waals surface area contributed by atoms with Crippen LogP contribution in [0.2, 0.25) is 0 Å². The van der Waals surface area contributed by atoms with Gasteiger partial charge in [0.1, 0.15) is 0 Å². The van der Waals surface area contributed by atoms with E-state index in [9.17, 15) is 4.79 Å². The molecule has 3 heteroatoms. The molecule has 0 atom stereocenters. The van der Waals surface area contributed by atoms with Crippen molar-refractivity contribution in [1.29, 1.82) is 0 Å². The van der Waals surface area contributed by atoms with Gasteiger partial charge in [-0.3, -0.25) is 0 Å². The Kier molecular flexibility index (Phi) is 3.59. The molecule has 2 aromatic carbocycles. The molecule has 2 aromatic rings. The number of aromatic carboxylic acids is 1. The van der Waals surface area contributed by atoms with Gasteiger partial charge in [0.25, 0.3) is 0 Å². The summed E-state index contributed by atoms with van der Waals surface area (Å²) in [6, 6.07) is 15.4. The molecule has 0 spiro atoms. The molecule has 0 fully saturated rings. The van der Waals surface area contributed by atoms with Crippen molar-refractivity contribution in [2.24, 2.45) is 0 Å². The van der Waals surface area contributed by atoms with Crippen molar-refractivity contribution in [1.82, 2.24) is 0 Å². The number of hydrogen-bond donors (Lipinski definition) is 1. The fraction of sp³-hybridized carbons (Fsp3) is 0.0714. The van der Waals surface area contributed by atoms with E-state index in [1.54, 1.807) is 6.07 Å². The SMILES string of the molecule is O=C(O)c1ccc(Cc2ccccc2)cc1Br. The first-order chi connectivity index (χ1) is 8.16. The Morgan fingerprint density at radius 3 is 2.35 bits per heavy atom. The minimum absolute atomic E-state index is 0.293. The lowest BCUT2D eigenvalue weighted by molar-refractivity contribution is 0.0696. The normalized spacial score (nSPS) is 10.2. The molecule has 2 nitrogen and oxygen atoms in total. The summed E-state index contributed by atoms with van der Waals surface area (Å²) >= 11 is 3.28.